The lowest BCUT2D eigenvalue weighted by atomic mass is 9.71. The summed E-state index contributed by atoms with van der Waals surface area (Å²) in [6, 6.07) is 1.20. The van der Waals surface area contributed by atoms with E-state index in [9.17, 15) is 24.6 Å². The second-order valence-electron chi connectivity index (χ2n) is 7.83. The Morgan fingerprint density at radius 2 is 2.00 bits per heavy atom. The molecule has 3 unspecified atom stereocenters. The number of fused-ring (bicyclic) bond motifs is 3. The zero-order valence-electron chi connectivity index (χ0n) is 17.4. The molecule has 8 nitrogen and oxygen atoms in total. The van der Waals surface area contributed by atoms with Crippen molar-refractivity contribution in [2.75, 3.05) is 7.11 Å². The monoisotopic (exact) mass is 416 g/mol. The van der Waals surface area contributed by atoms with Gasteiger partial charge in [-0.25, -0.2) is 4.79 Å². The molecule has 3 N–H and O–H groups in total. The maximum atomic E-state index is 13.0. The summed E-state index contributed by atoms with van der Waals surface area (Å²) in [5, 5.41) is 30.7. The topological polar surface area (TPSA) is 130 Å². The second kappa shape index (κ2) is 7.28. The number of rotatable bonds is 5. The number of benzene rings is 1. The molecule has 0 aromatic heterocycles. The molecule has 160 valence electrons. The van der Waals surface area contributed by atoms with Crippen LogP contribution in [0.15, 0.2) is 29.0 Å². The fraction of sp³-hybridized carbons (Fsp3) is 0.409. The lowest BCUT2D eigenvalue weighted by Gasteiger charge is -2.33. The molecule has 0 spiro atoms. The second-order valence-corrected chi connectivity index (χ2v) is 7.83. The third kappa shape index (κ3) is 2.90. The first-order chi connectivity index (χ1) is 14.0. The highest BCUT2D eigenvalue weighted by Gasteiger charge is 2.52. The van der Waals surface area contributed by atoms with Crippen molar-refractivity contribution in [2.24, 2.45) is 0 Å². The van der Waals surface area contributed by atoms with Gasteiger partial charge in [0.25, 0.3) is 0 Å². The van der Waals surface area contributed by atoms with Crippen LogP contribution in [0.4, 0.5) is 0 Å². The first-order valence-electron chi connectivity index (χ1n) is 9.46. The molecule has 0 saturated heterocycles. The maximum absolute atomic E-state index is 13.0. The van der Waals surface area contributed by atoms with Crippen molar-refractivity contribution in [3.8, 4) is 11.5 Å². The number of allylic oxidation sites excluding steroid dienone is 2. The molecule has 3 atom stereocenters. The van der Waals surface area contributed by atoms with Crippen LogP contribution in [0, 0.1) is 0 Å². The van der Waals surface area contributed by atoms with Crippen molar-refractivity contribution in [2.45, 2.75) is 51.7 Å². The highest BCUT2D eigenvalue weighted by molar-refractivity contribution is 6.27. The van der Waals surface area contributed by atoms with Crippen molar-refractivity contribution in [1.82, 2.24) is 0 Å². The highest BCUT2D eigenvalue weighted by Crippen LogP contribution is 2.53. The number of carboxylic acid groups (broad SMARTS) is 1. The van der Waals surface area contributed by atoms with Gasteiger partial charge in [-0.3, -0.25) is 9.59 Å². The van der Waals surface area contributed by atoms with E-state index < -0.39 is 35.2 Å². The van der Waals surface area contributed by atoms with Gasteiger partial charge >= 0.3 is 5.97 Å². The van der Waals surface area contributed by atoms with Gasteiger partial charge in [-0.1, -0.05) is 6.08 Å². The Morgan fingerprint density at radius 3 is 2.57 bits per heavy atom. The average Bonchev–Trinajstić information content (AvgIpc) is 2.96. The van der Waals surface area contributed by atoms with E-state index in [-0.39, 0.29) is 51.5 Å². The van der Waals surface area contributed by atoms with E-state index in [1.54, 1.807) is 13.8 Å². The lowest BCUT2D eigenvalue weighted by molar-refractivity contribution is -0.132. The van der Waals surface area contributed by atoms with E-state index >= 15 is 0 Å². The van der Waals surface area contributed by atoms with Crippen LogP contribution in [-0.2, 0) is 14.9 Å². The van der Waals surface area contributed by atoms with Gasteiger partial charge in [-0.2, -0.15) is 0 Å². The van der Waals surface area contributed by atoms with E-state index in [0.717, 1.165) is 0 Å². The van der Waals surface area contributed by atoms with Crippen molar-refractivity contribution in [1.29, 1.82) is 0 Å². The number of phenolic OH excluding ortho intramolecular Hbond substituents is 1. The molecule has 1 aromatic rings. The minimum absolute atomic E-state index is 0.00206. The molecular weight excluding hydrogens is 392 g/mol. The fourth-order valence-corrected chi connectivity index (χ4v) is 4.08. The van der Waals surface area contributed by atoms with E-state index in [0.29, 0.717) is 0 Å². The number of aliphatic hydroxyl groups is 1. The van der Waals surface area contributed by atoms with E-state index in [2.05, 4.69) is 0 Å². The van der Waals surface area contributed by atoms with E-state index in [1.807, 2.05) is 0 Å². The van der Waals surface area contributed by atoms with Crippen LogP contribution in [0.3, 0.4) is 0 Å². The van der Waals surface area contributed by atoms with E-state index in [1.165, 1.54) is 33.1 Å². The SMILES string of the molecule is COC1=C(C)C(=O)c2c(cc(O)c3c2OC(C)C3(C)C(O)CC=C(C)C(=O)O)C1=O. The molecule has 8 heteroatoms. The Bertz CT molecular complexity index is 1030. The summed E-state index contributed by atoms with van der Waals surface area (Å²) in [6.45, 7) is 6.25. The molecule has 0 saturated carbocycles. The highest BCUT2D eigenvalue weighted by atomic mass is 16.5. The van der Waals surface area contributed by atoms with Gasteiger partial charge in [0, 0.05) is 22.3 Å². The fourth-order valence-electron chi connectivity index (χ4n) is 4.08. The minimum atomic E-state index is -1.15. The third-order valence-electron chi connectivity index (χ3n) is 6.18. The minimum Gasteiger partial charge on any atom is -0.507 e. The van der Waals surface area contributed by atoms with Gasteiger partial charge in [0.1, 0.15) is 17.6 Å². The number of hydrogen-bond donors (Lipinski definition) is 3. The average molecular weight is 416 g/mol. The van der Waals surface area contributed by atoms with Crippen LogP contribution in [0.1, 0.15) is 60.4 Å². The maximum Gasteiger partial charge on any atom is 0.330 e. The Balaban J connectivity index is 2.16. The number of carboxylic acids is 1. The third-order valence-corrected chi connectivity index (χ3v) is 6.18. The Hall–Kier alpha value is -3.13. The number of aliphatic hydroxyl groups excluding tert-OH is 1. The summed E-state index contributed by atoms with van der Waals surface area (Å²) >= 11 is 0. The normalized spacial score (nSPS) is 24.3. The summed E-state index contributed by atoms with van der Waals surface area (Å²) < 4.78 is 11.0. The molecular formula is C22H24O8. The molecule has 1 aliphatic heterocycles. The first-order valence-corrected chi connectivity index (χ1v) is 9.46. The van der Waals surface area contributed by atoms with Gasteiger partial charge in [0.2, 0.25) is 5.78 Å². The van der Waals surface area contributed by atoms with Crippen LogP contribution >= 0.6 is 0 Å². The number of Topliss-reactive ketones (excluding diaryl/α,β-unsaturated/α-hetero) is 2. The number of hydrogen-bond acceptors (Lipinski definition) is 7. The molecule has 0 fully saturated rings. The van der Waals surface area contributed by atoms with Gasteiger partial charge in [-0.05, 0) is 40.2 Å². The Labute approximate surface area is 173 Å². The molecule has 3 rings (SSSR count). The molecule has 0 bridgehead atoms. The number of ketones is 2. The number of carbonyl (C=O) groups excluding carboxylic acids is 2. The lowest BCUT2D eigenvalue weighted by Crippen LogP contribution is -2.44. The number of carbonyl (C=O) groups is 3. The quantitative estimate of drug-likeness (QED) is 0.624. The molecule has 1 aliphatic carbocycles. The van der Waals surface area contributed by atoms with Crippen molar-refractivity contribution < 1.29 is 39.2 Å². The van der Waals surface area contributed by atoms with Crippen LogP contribution in [0.2, 0.25) is 0 Å². The molecule has 0 radical (unpaired) electrons. The molecule has 30 heavy (non-hydrogen) atoms. The summed E-state index contributed by atoms with van der Waals surface area (Å²) in [5.74, 6) is -2.40. The van der Waals surface area contributed by atoms with Crippen molar-refractivity contribution in [3.05, 3.63) is 45.7 Å². The standard InChI is InChI=1S/C22H24O8/c1-9(21(27)28)6-7-14(24)22(4)11(3)30-20-15-12(8-13(23)16(20)22)18(26)19(29-5)10(2)17(15)25/h6,8,11,14,23-24H,7H2,1-5H3,(H,27,28). The summed E-state index contributed by atoms with van der Waals surface area (Å²) in [4.78, 5) is 36.8. The Morgan fingerprint density at radius 1 is 1.37 bits per heavy atom. The van der Waals surface area contributed by atoms with Gasteiger partial charge < -0.3 is 24.8 Å². The van der Waals surface area contributed by atoms with E-state index in [4.69, 9.17) is 14.6 Å². The van der Waals surface area contributed by atoms with Gasteiger partial charge in [0.15, 0.2) is 11.5 Å². The zero-order valence-corrected chi connectivity index (χ0v) is 17.4. The first kappa shape index (κ1) is 21.6. The Kier molecular flexibility index (Phi) is 5.24. The van der Waals surface area contributed by atoms with Gasteiger partial charge in [-0.15, -0.1) is 0 Å². The number of phenols is 1. The number of aliphatic carboxylic acids is 1. The predicted molar refractivity (Wildman–Crippen MR) is 106 cm³/mol. The van der Waals surface area contributed by atoms with Crippen LogP contribution in [0.25, 0.3) is 0 Å². The smallest absolute Gasteiger partial charge is 0.330 e. The molecule has 2 aliphatic rings. The zero-order chi connectivity index (χ0) is 22.5. The number of aromatic hydroxyl groups is 1. The number of methoxy groups -OCH3 is 1. The summed E-state index contributed by atoms with van der Waals surface area (Å²) in [5.41, 5.74) is -0.706. The van der Waals surface area contributed by atoms with Crippen molar-refractivity contribution in [3.63, 3.8) is 0 Å². The van der Waals surface area contributed by atoms with Crippen molar-refractivity contribution >= 4 is 17.5 Å². The molecule has 0 amide bonds. The molecule has 1 aromatic carbocycles. The van der Waals surface area contributed by atoms with Crippen LogP contribution in [-0.4, -0.2) is 52.2 Å². The number of ether oxygens (including phenoxy) is 2. The van der Waals surface area contributed by atoms with Gasteiger partial charge in [0.05, 0.1) is 24.2 Å². The predicted octanol–water partition coefficient (Wildman–Crippen LogP) is 2.51. The summed E-state index contributed by atoms with van der Waals surface area (Å²) in [7, 11) is 1.29. The van der Waals surface area contributed by atoms with Crippen LogP contribution < -0.4 is 4.74 Å². The molecule has 1 heterocycles. The summed E-state index contributed by atoms with van der Waals surface area (Å²) in [6.07, 6.45) is -0.384. The van der Waals surface area contributed by atoms with Crippen LogP contribution in [0.5, 0.6) is 11.5 Å². The largest absolute Gasteiger partial charge is 0.507 e.